The summed E-state index contributed by atoms with van der Waals surface area (Å²) in [5.41, 5.74) is 11.9. The third kappa shape index (κ3) is 0.880. The van der Waals surface area contributed by atoms with E-state index >= 15 is 0 Å². The van der Waals surface area contributed by atoms with Crippen molar-refractivity contribution in [1.82, 2.24) is 0 Å². The molecule has 0 saturated heterocycles. The van der Waals surface area contributed by atoms with E-state index in [1.165, 1.54) is 22.4 Å². The molecule has 0 aliphatic heterocycles. The van der Waals surface area contributed by atoms with Crippen molar-refractivity contribution in [3.05, 3.63) is 47.7 Å². The van der Waals surface area contributed by atoms with Gasteiger partial charge in [-0.05, 0) is 11.6 Å². The first-order chi connectivity index (χ1) is 6.86. The van der Waals surface area contributed by atoms with E-state index in [4.69, 9.17) is 5.73 Å². The Morgan fingerprint density at radius 2 is 2.00 bits per heavy atom. The van der Waals surface area contributed by atoms with Gasteiger partial charge in [0.15, 0.2) is 6.20 Å². The number of aromatic nitrogens is 1. The Morgan fingerprint density at radius 1 is 1.14 bits per heavy atom. The molecule has 3 N–H and O–H groups in total. The SMILES string of the molecule is Nc1cc[nH+]c2c1Cc1ccccc1-2. The second-order valence-electron chi connectivity index (χ2n) is 3.62. The van der Waals surface area contributed by atoms with Gasteiger partial charge in [-0.25, -0.2) is 4.98 Å². The average Bonchev–Trinajstić information content (AvgIpc) is 2.59. The smallest absolute Gasteiger partial charge is 0.216 e. The topological polar surface area (TPSA) is 40.2 Å². The van der Waals surface area contributed by atoms with Crippen LogP contribution >= 0.6 is 0 Å². The molecule has 0 spiro atoms. The molecule has 2 heteroatoms. The first kappa shape index (κ1) is 7.56. The van der Waals surface area contributed by atoms with Crippen molar-refractivity contribution >= 4 is 5.69 Å². The van der Waals surface area contributed by atoms with Crippen LogP contribution in [-0.4, -0.2) is 0 Å². The van der Waals surface area contributed by atoms with Gasteiger partial charge in [0.25, 0.3) is 0 Å². The third-order valence-electron chi connectivity index (χ3n) is 2.79. The summed E-state index contributed by atoms with van der Waals surface area (Å²) in [7, 11) is 0. The van der Waals surface area contributed by atoms with Gasteiger partial charge in [-0.2, -0.15) is 0 Å². The fourth-order valence-electron chi connectivity index (χ4n) is 2.09. The highest BCUT2D eigenvalue weighted by molar-refractivity contribution is 5.75. The van der Waals surface area contributed by atoms with Crippen LogP contribution in [-0.2, 0) is 6.42 Å². The van der Waals surface area contributed by atoms with E-state index in [2.05, 4.69) is 29.2 Å². The molecule has 1 aliphatic carbocycles. The van der Waals surface area contributed by atoms with Gasteiger partial charge in [-0.3, -0.25) is 0 Å². The maximum absolute atomic E-state index is 5.93. The summed E-state index contributed by atoms with van der Waals surface area (Å²) in [5.74, 6) is 0. The summed E-state index contributed by atoms with van der Waals surface area (Å²) in [6, 6.07) is 10.3. The first-order valence-corrected chi connectivity index (χ1v) is 4.73. The molecule has 0 atom stereocenters. The highest BCUT2D eigenvalue weighted by Gasteiger charge is 2.25. The third-order valence-corrected chi connectivity index (χ3v) is 2.79. The summed E-state index contributed by atoms with van der Waals surface area (Å²) in [6.07, 6.45) is 2.85. The van der Waals surface area contributed by atoms with E-state index in [0.29, 0.717) is 0 Å². The van der Waals surface area contributed by atoms with Crippen LogP contribution in [0.5, 0.6) is 0 Å². The number of aromatic amines is 1. The number of pyridine rings is 1. The zero-order valence-electron chi connectivity index (χ0n) is 7.75. The van der Waals surface area contributed by atoms with Crippen molar-refractivity contribution < 1.29 is 4.98 Å². The van der Waals surface area contributed by atoms with E-state index < -0.39 is 0 Å². The molecule has 1 aliphatic rings. The van der Waals surface area contributed by atoms with Crippen LogP contribution in [0.2, 0.25) is 0 Å². The van der Waals surface area contributed by atoms with Crippen molar-refractivity contribution in [2.75, 3.05) is 5.73 Å². The lowest BCUT2D eigenvalue weighted by Crippen LogP contribution is -2.08. The van der Waals surface area contributed by atoms with E-state index in [-0.39, 0.29) is 0 Å². The molecule has 2 nitrogen and oxygen atoms in total. The highest BCUT2D eigenvalue weighted by Crippen LogP contribution is 2.35. The number of H-pyrrole nitrogens is 1. The Balaban J connectivity index is 2.33. The lowest BCUT2D eigenvalue weighted by Gasteiger charge is -1.95. The molecule has 3 rings (SSSR count). The van der Waals surface area contributed by atoms with E-state index in [0.717, 1.165) is 12.1 Å². The molecule has 68 valence electrons. The minimum Gasteiger partial charge on any atom is -0.398 e. The van der Waals surface area contributed by atoms with Gasteiger partial charge in [0.05, 0.1) is 5.56 Å². The normalized spacial score (nSPS) is 12.3. The Kier molecular flexibility index (Phi) is 1.39. The van der Waals surface area contributed by atoms with Crippen LogP contribution in [0.1, 0.15) is 11.1 Å². The summed E-state index contributed by atoms with van der Waals surface area (Å²) in [4.78, 5) is 3.27. The van der Waals surface area contributed by atoms with Crippen molar-refractivity contribution in [3.8, 4) is 11.3 Å². The van der Waals surface area contributed by atoms with Gasteiger partial charge in [-0.15, -0.1) is 0 Å². The van der Waals surface area contributed by atoms with Gasteiger partial charge in [-0.1, -0.05) is 18.2 Å². The van der Waals surface area contributed by atoms with Gasteiger partial charge >= 0.3 is 0 Å². The maximum Gasteiger partial charge on any atom is 0.216 e. The van der Waals surface area contributed by atoms with Crippen LogP contribution in [0.25, 0.3) is 11.3 Å². The number of nitrogen functional groups attached to an aromatic ring is 1. The number of anilines is 1. The van der Waals surface area contributed by atoms with Crippen LogP contribution in [0.15, 0.2) is 36.5 Å². The second kappa shape index (κ2) is 2.58. The van der Waals surface area contributed by atoms with Crippen LogP contribution < -0.4 is 10.7 Å². The van der Waals surface area contributed by atoms with Gasteiger partial charge in [0, 0.05) is 23.7 Å². The molecule has 0 bridgehead atoms. The maximum atomic E-state index is 5.93. The number of nitrogens with one attached hydrogen (secondary N) is 1. The summed E-state index contributed by atoms with van der Waals surface area (Å²) in [6.45, 7) is 0. The Bertz CT molecular complexity index is 503. The molecule has 0 amide bonds. The zero-order chi connectivity index (χ0) is 9.54. The molecule has 0 saturated carbocycles. The molecule has 1 heterocycles. The van der Waals surface area contributed by atoms with Crippen molar-refractivity contribution in [1.29, 1.82) is 0 Å². The van der Waals surface area contributed by atoms with Gasteiger partial charge in [0.1, 0.15) is 0 Å². The minimum absolute atomic E-state index is 0.884. The van der Waals surface area contributed by atoms with Gasteiger partial charge < -0.3 is 5.73 Å². The van der Waals surface area contributed by atoms with Crippen molar-refractivity contribution in [2.24, 2.45) is 0 Å². The number of rotatable bonds is 0. The quantitative estimate of drug-likeness (QED) is 0.565. The Hall–Kier alpha value is -1.83. The number of hydrogen-bond donors (Lipinski definition) is 1. The molecular formula is C12H11N2+. The zero-order valence-corrected chi connectivity index (χ0v) is 7.75. The highest BCUT2D eigenvalue weighted by atomic mass is 14.7. The first-order valence-electron chi connectivity index (χ1n) is 4.73. The lowest BCUT2D eigenvalue weighted by molar-refractivity contribution is -0.364. The van der Waals surface area contributed by atoms with E-state index in [9.17, 15) is 0 Å². The second-order valence-corrected chi connectivity index (χ2v) is 3.62. The average molecular weight is 183 g/mol. The van der Waals surface area contributed by atoms with Crippen LogP contribution in [0.4, 0.5) is 5.69 Å². The largest absolute Gasteiger partial charge is 0.398 e. The predicted molar refractivity (Wildman–Crippen MR) is 55.7 cm³/mol. The van der Waals surface area contributed by atoms with Crippen LogP contribution in [0.3, 0.4) is 0 Å². The fraction of sp³-hybridized carbons (Fsp3) is 0.0833. The molecular weight excluding hydrogens is 172 g/mol. The molecule has 14 heavy (non-hydrogen) atoms. The monoisotopic (exact) mass is 183 g/mol. The van der Waals surface area contributed by atoms with Crippen molar-refractivity contribution in [2.45, 2.75) is 6.42 Å². The minimum atomic E-state index is 0.884. The number of hydrogen-bond acceptors (Lipinski definition) is 1. The van der Waals surface area contributed by atoms with E-state index in [1.54, 1.807) is 0 Å². The molecule has 1 aromatic carbocycles. The molecule has 0 radical (unpaired) electrons. The van der Waals surface area contributed by atoms with E-state index in [1.807, 2.05) is 12.3 Å². The standard InChI is InChI=1S/C12H10N2/c13-11-5-6-14-12-9-4-2-1-3-8(9)7-10(11)12/h1-6H,7H2,(H2,13,14)/p+1. The Morgan fingerprint density at radius 3 is 2.93 bits per heavy atom. The fourth-order valence-corrected chi connectivity index (χ4v) is 2.09. The summed E-state index contributed by atoms with van der Waals surface area (Å²) < 4.78 is 0. The number of nitrogens with two attached hydrogens (primary N) is 1. The molecule has 0 fully saturated rings. The number of fused-ring (bicyclic) bond motifs is 3. The molecule has 2 aromatic rings. The molecule has 1 aromatic heterocycles. The summed E-state index contributed by atoms with van der Waals surface area (Å²) in [5, 5.41) is 0. The Labute approximate surface area is 82.4 Å². The molecule has 0 unspecified atom stereocenters. The predicted octanol–water partition coefficient (Wildman–Crippen LogP) is 1.65. The lowest BCUT2D eigenvalue weighted by atomic mass is 10.1. The van der Waals surface area contributed by atoms with Crippen molar-refractivity contribution in [3.63, 3.8) is 0 Å². The van der Waals surface area contributed by atoms with Crippen LogP contribution in [0, 0.1) is 0 Å². The number of benzene rings is 1. The van der Waals surface area contributed by atoms with Gasteiger partial charge in [0.2, 0.25) is 5.69 Å². The summed E-state index contributed by atoms with van der Waals surface area (Å²) >= 11 is 0.